The monoisotopic (exact) mass is 224 g/mol. The topological polar surface area (TPSA) is 35.5 Å². The van der Waals surface area contributed by atoms with E-state index in [4.69, 9.17) is 20.3 Å². The minimum absolute atomic E-state index is 0.112. The zero-order chi connectivity index (χ0) is 9.36. The summed E-state index contributed by atoms with van der Waals surface area (Å²) in [5, 5.41) is 0. The number of hydrogen-bond acceptors (Lipinski definition) is 3. The van der Waals surface area contributed by atoms with Crippen molar-refractivity contribution in [1.29, 1.82) is 0 Å². The van der Waals surface area contributed by atoms with Crippen LogP contribution in [0.5, 0.6) is 0 Å². The maximum atomic E-state index is 11.2. The molecule has 1 spiro atoms. The van der Waals surface area contributed by atoms with E-state index in [1.165, 1.54) is 19.3 Å². The van der Waals surface area contributed by atoms with Gasteiger partial charge in [-0.3, -0.25) is 9.05 Å². The van der Waals surface area contributed by atoms with Crippen LogP contribution in [-0.4, -0.2) is 13.2 Å². The van der Waals surface area contributed by atoms with Gasteiger partial charge in [-0.15, -0.1) is 0 Å². The fraction of sp³-hybridized carbons (Fsp3) is 1.00. The predicted octanol–water partition coefficient (Wildman–Crippen LogP) is 3.33. The molecule has 2 rings (SSSR count). The highest BCUT2D eigenvalue weighted by Gasteiger charge is 2.41. The maximum absolute atomic E-state index is 11.2. The molecule has 0 unspecified atom stereocenters. The Kier molecular flexibility index (Phi) is 2.72. The average molecular weight is 225 g/mol. The van der Waals surface area contributed by atoms with Crippen molar-refractivity contribution >= 4 is 18.2 Å². The lowest BCUT2D eigenvalue weighted by atomic mass is 9.75. The quantitative estimate of drug-likeness (QED) is 0.592. The summed E-state index contributed by atoms with van der Waals surface area (Å²) in [6.07, 6.45) is 5.96. The largest absolute Gasteiger partial charge is 0.424 e. The third-order valence-corrected chi connectivity index (χ3v) is 4.42. The molecule has 1 heterocycles. The molecule has 1 saturated carbocycles. The molecule has 2 fully saturated rings. The Bertz CT molecular complexity index is 224. The molecule has 5 heteroatoms. The van der Waals surface area contributed by atoms with Crippen LogP contribution in [0.15, 0.2) is 0 Å². The molecule has 76 valence electrons. The molecule has 0 amide bonds. The van der Waals surface area contributed by atoms with E-state index in [0.717, 1.165) is 12.8 Å². The SMILES string of the molecule is O=P1(Cl)OCC2(CCCCC2)CO1. The van der Waals surface area contributed by atoms with E-state index in [0.29, 0.717) is 13.2 Å². The van der Waals surface area contributed by atoms with E-state index in [1.54, 1.807) is 0 Å². The van der Waals surface area contributed by atoms with Crippen LogP contribution in [0.4, 0.5) is 0 Å². The first-order valence-electron chi connectivity index (χ1n) is 4.71. The lowest BCUT2D eigenvalue weighted by Crippen LogP contribution is -2.36. The second kappa shape index (κ2) is 3.54. The molecule has 1 saturated heterocycles. The van der Waals surface area contributed by atoms with Crippen molar-refractivity contribution in [2.75, 3.05) is 13.2 Å². The van der Waals surface area contributed by atoms with Gasteiger partial charge in [-0.05, 0) is 12.8 Å². The lowest BCUT2D eigenvalue weighted by molar-refractivity contribution is -0.00188. The van der Waals surface area contributed by atoms with Gasteiger partial charge < -0.3 is 0 Å². The third-order valence-electron chi connectivity index (χ3n) is 2.96. The van der Waals surface area contributed by atoms with Gasteiger partial charge in [0, 0.05) is 16.7 Å². The highest BCUT2D eigenvalue weighted by molar-refractivity contribution is 7.81. The first kappa shape index (κ1) is 9.97. The maximum Gasteiger partial charge on any atom is 0.424 e. The van der Waals surface area contributed by atoms with Crippen molar-refractivity contribution in [3.63, 3.8) is 0 Å². The van der Waals surface area contributed by atoms with Crippen molar-refractivity contribution in [3.05, 3.63) is 0 Å². The number of halogens is 1. The predicted molar refractivity (Wildman–Crippen MR) is 50.9 cm³/mol. The van der Waals surface area contributed by atoms with Crippen molar-refractivity contribution in [1.82, 2.24) is 0 Å². The smallest absolute Gasteiger partial charge is 0.296 e. The molecule has 1 aliphatic carbocycles. The first-order chi connectivity index (χ1) is 6.12. The van der Waals surface area contributed by atoms with Crippen molar-refractivity contribution in [3.8, 4) is 0 Å². The fourth-order valence-corrected chi connectivity index (χ4v) is 3.32. The summed E-state index contributed by atoms with van der Waals surface area (Å²) in [6, 6.07) is 0. The molecule has 0 aromatic heterocycles. The molecular weight excluding hydrogens is 211 g/mol. The third kappa shape index (κ3) is 2.27. The Morgan fingerprint density at radius 2 is 1.62 bits per heavy atom. The van der Waals surface area contributed by atoms with E-state index in [1.807, 2.05) is 0 Å². The first-order valence-corrected chi connectivity index (χ1v) is 7.16. The molecule has 13 heavy (non-hydrogen) atoms. The van der Waals surface area contributed by atoms with Crippen LogP contribution in [0.2, 0.25) is 0 Å². The van der Waals surface area contributed by atoms with Gasteiger partial charge in [0.15, 0.2) is 0 Å². The molecular formula is C8H14ClO3P. The van der Waals surface area contributed by atoms with Gasteiger partial charge >= 0.3 is 6.95 Å². The van der Waals surface area contributed by atoms with Gasteiger partial charge in [0.25, 0.3) is 0 Å². The van der Waals surface area contributed by atoms with Crippen molar-refractivity contribution in [2.45, 2.75) is 32.1 Å². The highest BCUT2D eigenvalue weighted by Crippen LogP contribution is 2.59. The fourth-order valence-electron chi connectivity index (χ4n) is 2.10. The molecule has 0 N–H and O–H groups in total. The van der Waals surface area contributed by atoms with Gasteiger partial charge in [-0.1, -0.05) is 19.3 Å². The van der Waals surface area contributed by atoms with E-state index < -0.39 is 6.95 Å². The van der Waals surface area contributed by atoms with Gasteiger partial charge in [-0.2, -0.15) is 0 Å². The average Bonchev–Trinajstić information content (AvgIpc) is 2.13. The van der Waals surface area contributed by atoms with E-state index in [-0.39, 0.29) is 5.41 Å². The summed E-state index contributed by atoms with van der Waals surface area (Å²) in [4.78, 5) is 0. The molecule has 0 radical (unpaired) electrons. The number of hydrogen-bond donors (Lipinski definition) is 0. The highest BCUT2D eigenvalue weighted by atomic mass is 35.7. The minimum atomic E-state index is -3.21. The lowest BCUT2D eigenvalue weighted by Gasteiger charge is -2.40. The standard InChI is InChI=1S/C8H14ClO3P/c9-13(10)11-6-8(7-12-13)4-2-1-3-5-8/h1-7H2. The van der Waals surface area contributed by atoms with Crippen molar-refractivity contribution < 1.29 is 13.6 Å². The van der Waals surface area contributed by atoms with Crippen LogP contribution in [-0.2, 0) is 13.6 Å². The summed E-state index contributed by atoms with van der Waals surface area (Å²) in [5.74, 6) is 0. The molecule has 1 aliphatic heterocycles. The Morgan fingerprint density at radius 1 is 1.08 bits per heavy atom. The van der Waals surface area contributed by atoms with Gasteiger partial charge in [0.1, 0.15) is 0 Å². The van der Waals surface area contributed by atoms with Gasteiger partial charge in [0.05, 0.1) is 13.2 Å². The molecule has 3 nitrogen and oxygen atoms in total. The van der Waals surface area contributed by atoms with E-state index in [2.05, 4.69) is 0 Å². The van der Waals surface area contributed by atoms with Gasteiger partial charge in [0.2, 0.25) is 0 Å². The Morgan fingerprint density at radius 3 is 2.15 bits per heavy atom. The Hall–Kier alpha value is 0.440. The number of rotatable bonds is 0. The summed E-state index contributed by atoms with van der Waals surface area (Å²) < 4.78 is 21.3. The molecule has 0 aromatic carbocycles. The molecule has 0 aromatic rings. The second-order valence-corrected chi connectivity index (χ2v) is 6.66. The van der Waals surface area contributed by atoms with Crippen LogP contribution < -0.4 is 0 Å². The Labute approximate surface area is 83.1 Å². The Balaban J connectivity index is 1.99. The summed E-state index contributed by atoms with van der Waals surface area (Å²) in [6.45, 7) is -2.19. The molecule has 0 bridgehead atoms. The van der Waals surface area contributed by atoms with Crippen LogP contribution in [0, 0.1) is 5.41 Å². The van der Waals surface area contributed by atoms with Crippen LogP contribution >= 0.6 is 18.2 Å². The van der Waals surface area contributed by atoms with Crippen LogP contribution in [0.1, 0.15) is 32.1 Å². The van der Waals surface area contributed by atoms with E-state index >= 15 is 0 Å². The molecule has 0 atom stereocenters. The van der Waals surface area contributed by atoms with Crippen molar-refractivity contribution in [2.24, 2.45) is 5.41 Å². The normalized spacial score (nSPS) is 31.8. The molecule has 2 aliphatic rings. The second-order valence-electron chi connectivity index (χ2n) is 4.04. The zero-order valence-electron chi connectivity index (χ0n) is 7.50. The zero-order valence-corrected chi connectivity index (χ0v) is 9.15. The van der Waals surface area contributed by atoms with Gasteiger partial charge in [-0.25, -0.2) is 4.57 Å². The van der Waals surface area contributed by atoms with E-state index in [9.17, 15) is 4.57 Å². The summed E-state index contributed by atoms with van der Waals surface area (Å²) in [7, 11) is 0. The summed E-state index contributed by atoms with van der Waals surface area (Å²) in [5.41, 5.74) is 0.112. The van der Waals surface area contributed by atoms with Crippen LogP contribution in [0.3, 0.4) is 0 Å². The summed E-state index contributed by atoms with van der Waals surface area (Å²) >= 11 is 5.49. The minimum Gasteiger partial charge on any atom is -0.296 e. The van der Waals surface area contributed by atoms with Crippen LogP contribution in [0.25, 0.3) is 0 Å².